The van der Waals surface area contributed by atoms with Gasteiger partial charge in [-0.2, -0.15) is 0 Å². The molecule has 6 heteroatoms. The standard InChI is InChI=1S/C13H18BrNO3S/c1-3-18-12-7-11(8-12)15-19(16,17)13-6-10(14)5-4-9(13)2/h4-6,11-12,15H,3,7-8H2,1-2H3. The van der Waals surface area contributed by atoms with E-state index in [1.54, 1.807) is 19.1 Å². The average Bonchev–Trinajstić information content (AvgIpc) is 2.29. The van der Waals surface area contributed by atoms with Gasteiger partial charge >= 0.3 is 0 Å². The first kappa shape index (κ1) is 15.0. The van der Waals surface area contributed by atoms with Crippen molar-refractivity contribution in [2.45, 2.75) is 43.7 Å². The number of aryl methyl sites for hydroxylation is 1. The smallest absolute Gasteiger partial charge is 0.241 e. The van der Waals surface area contributed by atoms with Crippen molar-refractivity contribution in [2.24, 2.45) is 0 Å². The molecule has 0 saturated heterocycles. The van der Waals surface area contributed by atoms with Gasteiger partial charge in [-0.25, -0.2) is 13.1 Å². The highest BCUT2D eigenvalue weighted by Crippen LogP contribution is 2.26. The molecule has 1 aromatic rings. The Labute approximate surface area is 122 Å². The van der Waals surface area contributed by atoms with Gasteiger partial charge in [0.1, 0.15) is 0 Å². The van der Waals surface area contributed by atoms with E-state index in [4.69, 9.17) is 4.74 Å². The monoisotopic (exact) mass is 347 g/mol. The molecular formula is C13H18BrNO3S. The highest BCUT2D eigenvalue weighted by molar-refractivity contribution is 9.10. The highest BCUT2D eigenvalue weighted by Gasteiger charge is 2.33. The second kappa shape index (κ2) is 5.91. The zero-order valence-corrected chi connectivity index (χ0v) is 13.4. The predicted molar refractivity (Wildman–Crippen MR) is 77.6 cm³/mol. The van der Waals surface area contributed by atoms with Crippen molar-refractivity contribution in [2.75, 3.05) is 6.61 Å². The molecule has 0 aromatic heterocycles. The average molecular weight is 348 g/mol. The van der Waals surface area contributed by atoms with E-state index in [-0.39, 0.29) is 12.1 Å². The molecule has 0 atom stereocenters. The number of rotatable bonds is 5. The van der Waals surface area contributed by atoms with E-state index in [9.17, 15) is 8.42 Å². The summed E-state index contributed by atoms with van der Waals surface area (Å²) >= 11 is 3.30. The second-order valence-electron chi connectivity index (χ2n) is 4.78. The van der Waals surface area contributed by atoms with Crippen LogP contribution < -0.4 is 4.72 Å². The van der Waals surface area contributed by atoms with Gasteiger partial charge in [-0.1, -0.05) is 22.0 Å². The molecule has 1 saturated carbocycles. The first-order valence-corrected chi connectivity index (χ1v) is 8.60. The number of halogens is 1. The van der Waals surface area contributed by atoms with Crippen LogP contribution in [-0.2, 0) is 14.8 Å². The Hall–Kier alpha value is -0.430. The lowest BCUT2D eigenvalue weighted by Gasteiger charge is -2.35. The maximum atomic E-state index is 12.3. The van der Waals surface area contributed by atoms with Gasteiger partial charge in [0, 0.05) is 17.1 Å². The number of hydrogen-bond donors (Lipinski definition) is 1. The van der Waals surface area contributed by atoms with Crippen molar-refractivity contribution >= 4 is 26.0 Å². The SMILES string of the molecule is CCOC1CC(NS(=O)(=O)c2cc(Br)ccc2C)C1. The molecule has 0 aliphatic heterocycles. The van der Waals surface area contributed by atoms with Gasteiger partial charge < -0.3 is 4.74 Å². The summed E-state index contributed by atoms with van der Waals surface area (Å²) in [5.74, 6) is 0. The zero-order chi connectivity index (χ0) is 14.0. The van der Waals surface area contributed by atoms with Crippen LogP contribution in [0.4, 0.5) is 0 Å². The Balaban J connectivity index is 2.05. The van der Waals surface area contributed by atoms with Crippen molar-refractivity contribution in [1.82, 2.24) is 4.72 Å². The van der Waals surface area contributed by atoms with Crippen molar-refractivity contribution in [3.05, 3.63) is 28.2 Å². The van der Waals surface area contributed by atoms with Crippen molar-refractivity contribution in [1.29, 1.82) is 0 Å². The molecule has 1 fully saturated rings. The third-order valence-electron chi connectivity index (χ3n) is 3.26. The number of benzene rings is 1. The molecular weight excluding hydrogens is 330 g/mol. The molecule has 106 valence electrons. The Morgan fingerprint density at radius 2 is 2.11 bits per heavy atom. The van der Waals surface area contributed by atoms with E-state index < -0.39 is 10.0 Å². The molecule has 0 spiro atoms. The van der Waals surface area contributed by atoms with E-state index in [1.165, 1.54) is 0 Å². The molecule has 0 amide bonds. The maximum absolute atomic E-state index is 12.3. The van der Waals surface area contributed by atoms with Crippen LogP contribution in [0.3, 0.4) is 0 Å². The van der Waals surface area contributed by atoms with Gasteiger partial charge in [-0.05, 0) is 44.4 Å². The minimum Gasteiger partial charge on any atom is -0.378 e. The van der Waals surface area contributed by atoms with Gasteiger partial charge in [0.05, 0.1) is 11.0 Å². The third kappa shape index (κ3) is 3.56. The molecule has 19 heavy (non-hydrogen) atoms. The van der Waals surface area contributed by atoms with Crippen LogP contribution in [0, 0.1) is 6.92 Å². The fourth-order valence-corrected chi connectivity index (χ4v) is 4.22. The minimum atomic E-state index is -3.45. The van der Waals surface area contributed by atoms with Crippen molar-refractivity contribution in [3.63, 3.8) is 0 Å². The van der Waals surface area contributed by atoms with Crippen LogP contribution in [0.15, 0.2) is 27.6 Å². The summed E-state index contributed by atoms with van der Waals surface area (Å²) in [6, 6.07) is 5.25. The maximum Gasteiger partial charge on any atom is 0.241 e. The molecule has 0 heterocycles. The normalized spacial score (nSPS) is 23.1. The summed E-state index contributed by atoms with van der Waals surface area (Å²) in [5, 5.41) is 0. The molecule has 2 rings (SSSR count). The summed E-state index contributed by atoms with van der Waals surface area (Å²) in [4.78, 5) is 0.335. The Bertz CT molecular complexity index is 553. The zero-order valence-electron chi connectivity index (χ0n) is 11.0. The van der Waals surface area contributed by atoms with Crippen molar-refractivity contribution < 1.29 is 13.2 Å². The molecule has 0 unspecified atom stereocenters. The molecule has 0 bridgehead atoms. The summed E-state index contributed by atoms with van der Waals surface area (Å²) in [5.41, 5.74) is 0.747. The first-order chi connectivity index (χ1) is 8.92. The van der Waals surface area contributed by atoms with Crippen LogP contribution in [0.1, 0.15) is 25.3 Å². The number of nitrogens with one attached hydrogen (secondary N) is 1. The van der Waals surface area contributed by atoms with Crippen LogP contribution in [0.2, 0.25) is 0 Å². The Morgan fingerprint density at radius 3 is 2.74 bits per heavy atom. The topological polar surface area (TPSA) is 55.4 Å². The van der Waals surface area contributed by atoms with E-state index >= 15 is 0 Å². The minimum absolute atomic E-state index is 0.0140. The van der Waals surface area contributed by atoms with Gasteiger partial charge in [-0.3, -0.25) is 0 Å². The van der Waals surface area contributed by atoms with Gasteiger partial charge in [0.15, 0.2) is 0 Å². The molecule has 1 aliphatic rings. The molecule has 4 nitrogen and oxygen atoms in total. The van der Waals surface area contributed by atoms with Crippen LogP contribution in [-0.4, -0.2) is 27.2 Å². The van der Waals surface area contributed by atoms with E-state index in [0.29, 0.717) is 11.5 Å². The summed E-state index contributed by atoms with van der Waals surface area (Å²) in [7, 11) is -3.45. The molecule has 1 aliphatic carbocycles. The van der Waals surface area contributed by atoms with Gasteiger partial charge in [0.2, 0.25) is 10.0 Å². The predicted octanol–water partition coefficient (Wildman–Crippen LogP) is 2.60. The number of ether oxygens (including phenoxy) is 1. The quantitative estimate of drug-likeness (QED) is 0.890. The molecule has 1 aromatic carbocycles. The van der Waals surface area contributed by atoms with Crippen molar-refractivity contribution in [3.8, 4) is 0 Å². The largest absolute Gasteiger partial charge is 0.378 e. The van der Waals surface area contributed by atoms with Crippen LogP contribution >= 0.6 is 15.9 Å². The third-order valence-corrected chi connectivity index (χ3v) is 5.41. The van der Waals surface area contributed by atoms with Gasteiger partial charge in [0.25, 0.3) is 0 Å². The number of sulfonamides is 1. The van der Waals surface area contributed by atoms with E-state index in [0.717, 1.165) is 22.9 Å². The highest BCUT2D eigenvalue weighted by atomic mass is 79.9. The first-order valence-electron chi connectivity index (χ1n) is 6.32. The lowest BCUT2D eigenvalue weighted by Crippen LogP contribution is -2.47. The fourth-order valence-electron chi connectivity index (χ4n) is 2.18. The Morgan fingerprint density at radius 1 is 1.42 bits per heavy atom. The summed E-state index contributed by atoms with van der Waals surface area (Å²) < 4.78 is 33.5. The molecule has 1 N–H and O–H groups in total. The number of hydrogen-bond acceptors (Lipinski definition) is 3. The van der Waals surface area contributed by atoms with E-state index in [1.807, 2.05) is 13.0 Å². The lowest BCUT2D eigenvalue weighted by molar-refractivity contribution is -0.00475. The second-order valence-corrected chi connectivity index (χ2v) is 7.37. The molecule has 0 radical (unpaired) electrons. The van der Waals surface area contributed by atoms with Crippen LogP contribution in [0.25, 0.3) is 0 Å². The van der Waals surface area contributed by atoms with Gasteiger partial charge in [-0.15, -0.1) is 0 Å². The van der Waals surface area contributed by atoms with Crippen LogP contribution in [0.5, 0.6) is 0 Å². The Kier molecular flexibility index (Phi) is 4.66. The summed E-state index contributed by atoms with van der Waals surface area (Å²) in [6.07, 6.45) is 1.70. The fraction of sp³-hybridized carbons (Fsp3) is 0.538. The summed E-state index contributed by atoms with van der Waals surface area (Å²) in [6.45, 7) is 4.42. The lowest BCUT2D eigenvalue weighted by atomic mass is 9.90. The van der Waals surface area contributed by atoms with E-state index in [2.05, 4.69) is 20.7 Å².